The minimum Gasteiger partial charge on any atom is -0.138 e. The van der Waals surface area contributed by atoms with E-state index in [2.05, 4.69) is 41.4 Å². The number of aromatic nitrogens is 2. The van der Waals surface area contributed by atoms with Gasteiger partial charge in [-0.2, -0.15) is 0 Å². The first kappa shape index (κ1) is 11.1. The van der Waals surface area contributed by atoms with Crippen LogP contribution in [0.3, 0.4) is 0 Å². The maximum absolute atomic E-state index is 4.29. The van der Waals surface area contributed by atoms with Crippen LogP contribution in [0.5, 0.6) is 0 Å². The number of benzene rings is 2. The summed E-state index contributed by atoms with van der Waals surface area (Å²) in [5.41, 5.74) is 3.51. The molecule has 0 atom stereocenters. The van der Waals surface area contributed by atoms with Gasteiger partial charge in [0.05, 0.1) is 0 Å². The smallest absolute Gasteiger partial charge is 0.138 e. The first-order chi connectivity index (χ1) is 8.84. The summed E-state index contributed by atoms with van der Waals surface area (Å²) >= 11 is 1.63. The highest BCUT2D eigenvalue weighted by Gasteiger charge is 2.09. The average molecular weight is 252 g/mol. The summed E-state index contributed by atoms with van der Waals surface area (Å²) in [5, 5.41) is 10.5. The van der Waals surface area contributed by atoms with Crippen LogP contribution in [-0.2, 0) is 0 Å². The van der Waals surface area contributed by atoms with E-state index in [4.69, 9.17) is 0 Å². The second-order valence-electron chi connectivity index (χ2n) is 4.09. The van der Waals surface area contributed by atoms with E-state index in [0.717, 1.165) is 21.1 Å². The minimum absolute atomic E-state index is 0.967. The third-order valence-corrected chi connectivity index (χ3v) is 3.83. The Balaban J connectivity index is 2.03. The van der Waals surface area contributed by atoms with Crippen LogP contribution in [0.25, 0.3) is 21.1 Å². The maximum atomic E-state index is 4.29. The van der Waals surface area contributed by atoms with Gasteiger partial charge in [-0.05, 0) is 12.5 Å². The molecule has 1 heterocycles. The molecular formula is C15H12N2S. The molecule has 0 saturated heterocycles. The fourth-order valence-electron chi connectivity index (χ4n) is 1.84. The predicted octanol–water partition coefficient (Wildman–Crippen LogP) is 4.18. The second kappa shape index (κ2) is 4.70. The van der Waals surface area contributed by atoms with Gasteiger partial charge in [-0.1, -0.05) is 65.9 Å². The van der Waals surface area contributed by atoms with E-state index in [-0.39, 0.29) is 0 Å². The number of nitrogens with zero attached hydrogens (tertiary/aromatic N) is 2. The zero-order valence-electron chi connectivity index (χ0n) is 10.00. The molecule has 3 heteroatoms. The Hall–Kier alpha value is -2.00. The summed E-state index contributed by atoms with van der Waals surface area (Å²) in [6.07, 6.45) is 0. The summed E-state index contributed by atoms with van der Waals surface area (Å²) < 4.78 is 0. The van der Waals surface area contributed by atoms with Crippen molar-refractivity contribution in [3.8, 4) is 21.1 Å². The van der Waals surface area contributed by atoms with Crippen molar-refractivity contribution in [3.63, 3.8) is 0 Å². The Labute approximate surface area is 110 Å². The van der Waals surface area contributed by atoms with Gasteiger partial charge >= 0.3 is 0 Å². The second-order valence-corrected chi connectivity index (χ2v) is 5.07. The summed E-state index contributed by atoms with van der Waals surface area (Å²) in [6.45, 7) is 2.10. The van der Waals surface area contributed by atoms with Crippen LogP contribution in [0.1, 0.15) is 5.56 Å². The van der Waals surface area contributed by atoms with E-state index < -0.39 is 0 Å². The van der Waals surface area contributed by atoms with Gasteiger partial charge in [-0.15, -0.1) is 10.2 Å². The topological polar surface area (TPSA) is 25.8 Å². The molecule has 0 amide bonds. The van der Waals surface area contributed by atoms with E-state index in [1.807, 2.05) is 30.3 Å². The van der Waals surface area contributed by atoms with Crippen LogP contribution in [0.15, 0.2) is 54.6 Å². The Morgan fingerprint density at radius 1 is 0.778 bits per heavy atom. The molecule has 0 aliphatic heterocycles. The molecule has 0 saturated carbocycles. The molecule has 0 unspecified atom stereocenters. The van der Waals surface area contributed by atoms with Crippen molar-refractivity contribution in [3.05, 3.63) is 60.2 Å². The summed E-state index contributed by atoms with van der Waals surface area (Å²) in [4.78, 5) is 0. The molecule has 0 aliphatic carbocycles. The highest BCUT2D eigenvalue weighted by atomic mass is 32.1. The van der Waals surface area contributed by atoms with Gasteiger partial charge in [-0.3, -0.25) is 0 Å². The Morgan fingerprint density at radius 2 is 1.44 bits per heavy atom. The SMILES string of the molecule is Cc1ccccc1-c1nnc(-c2ccccc2)s1. The third-order valence-electron chi connectivity index (χ3n) is 2.82. The van der Waals surface area contributed by atoms with Gasteiger partial charge in [-0.25, -0.2) is 0 Å². The molecule has 0 bridgehead atoms. The highest BCUT2D eigenvalue weighted by molar-refractivity contribution is 7.17. The van der Waals surface area contributed by atoms with E-state index in [0.29, 0.717) is 0 Å². The van der Waals surface area contributed by atoms with Crippen molar-refractivity contribution in [1.29, 1.82) is 0 Å². The highest BCUT2D eigenvalue weighted by Crippen LogP contribution is 2.31. The number of aryl methyl sites for hydroxylation is 1. The van der Waals surface area contributed by atoms with Crippen LogP contribution < -0.4 is 0 Å². The largest absolute Gasteiger partial charge is 0.148 e. The van der Waals surface area contributed by atoms with Crippen LogP contribution >= 0.6 is 11.3 Å². The van der Waals surface area contributed by atoms with Crippen molar-refractivity contribution in [1.82, 2.24) is 10.2 Å². The van der Waals surface area contributed by atoms with Gasteiger partial charge in [0.2, 0.25) is 0 Å². The minimum atomic E-state index is 0.967. The molecule has 3 aromatic rings. The molecule has 2 aromatic carbocycles. The molecule has 2 nitrogen and oxygen atoms in total. The first-order valence-corrected chi connectivity index (χ1v) is 6.61. The standard InChI is InChI=1S/C15H12N2S/c1-11-7-5-6-10-13(11)15-17-16-14(18-15)12-8-3-2-4-9-12/h2-10H,1H3. The lowest BCUT2D eigenvalue weighted by Crippen LogP contribution is -1.81. The zero-order chi connectivity index (χ0) is 12.4. The molecular weight excluding hydrogens is 240 g/mol. The van der Waals surface area contributed by atoms with Gasteiger partial charge < -0.3 is 0 Å². The number of hydrogen-bond acceptors (Lipinski definition) is 3. The lowest BCUT2D eigenvalue weighted by atomic mass is 10.1. The molecule has 18 heavy (non-hydrogen) atoms. The Kier molecular flexibility index (Phi) is 2.90. The van der Waals surface area contributed by atoms with Crippen LogP contribution in [0.4, 0.5) is 0 Å². The molecule has 0 spiro atoms. The van der Waals surface area contributed by atoms with E-state index in [9.17, 15) is 0 Å². The van der Waals surface area contributed by atoms with Crippen molar-refractivity contribution in [2.45, 2.75) is 6.92 Å². The third kappa shape index (κ3) is 2.05. The lowest BCUT2D eigenvalue weighted by Gasteiger charge is -1.99. The van der Waals surface area contributed by atoms with Crippen LogP contribution in [0.2, 0.25) is 0 Å². The van der Waals surface area contributed by atoms with Gasteiger partial charge in [0.15, 0.2) is 0 Å². The Morgan fingerprint density at radius 3 is 2.22 bits per heavy atom. The molecule has 0 radical (unpaired) electrons. The Bertz CT molecular complexity index is 659. The number of rotatable bonds is 2. The summed E-state index contributed by atoms with van der Waals surface area (Å²) in [5.74, 6) is 0. The quantitative estimate of drug-likeness (QED) is 0.683. The normalized spacial score (nSPS) is 10.5. The fourth-order valence-corrected chi connectivity index (χ4v) is 2.78. The van der Waals surface area contributed by atoms with Gasteiger partial charge in [0.25, 0.3) is 0 Å². The van der Waals surface area contributed by atoms with Crippen LogP contribution in [0, 0.1) is 6.92 Å². The molecule has 3 rings (SSSR count). The van der Waals surface area contributed by atoms with Crippen molar-refractivity contribution >= 4 is 11.3 Å². The average Bonchev–Trinajstić information content (AvgIpc) is 2.90. The number of hydrogen-bond donors (Lipinski definition) is 0. The predicted molar refractivity (Wildman–Crippen MR) is 75.5 cm³/mol. The monoisotopic (exact) mass is 252 g/mol. The maximum Gasteiger partial charge on any atom is 0.148 e. The van der Waals surface area contributed by atoms with E-state index in [1.165, 1.54) is 5.56 Å². The molecule has 1 aromatic heterocycles. The van der Waals surface area contributed by atoms with Crippen molar-refractivity contribution < 1.29 is 0 Å². The summed E-state index contributed by atoms with van der Waals surface area (Å²) in [7, 11) is 0. The van der Waals surface area contributed by atoms with Crippen molar-refractivity contribution in [2.75, 3.05) is 0 Å². The van der Waals surface area contributed by atoms with E-state index in [1.54, 1.807) is 11.3 Å². The molecule has 0 N–H and O–H groups in total. The zero-order valence-corrected chi connectivity index (χ0v) is 10.8. The van der Waals surface area contributed by atoms with Crippen molar-refractivity contribution in [2.24, 2.45) is 0 Å². The van der Waals surface area contributed by atoms with Crippen LogP contribution in [-0.4, -0.2) is 10.2 Å². The molecule has 88 valence electrons. The van der Waals surface area contributed by atoms with E-state index >= 15 is 0 Å². The first-order valence-electron chi connectivity index (χ1n) is 5.79. The van der Waals surface area contributed by atoms with Gasteiger partial charge in [0.1, 0.15) is 10.0 Å². The van der Waals surface area contributed by atoms with Gasteiger partial charge in [0, 0.05) is 11.1 Å². The lowest BCUT2D eigenvalue weighted by molar-refractivity contribution is 1.10. The molecule has 0 fully saturated rings. The molecule has 0 aliphatic rings. The fraction of sp³-hybridized carbons (Fsp3) is 0.0667. The summed E-state index contributed by atoms with van der Waals surface area (Å²) in [6, 6.07) is 18.4.